The molecule has 0 aliphatic carbocycles. The summed E-state index contributed by atoms with van der Waals surface area (Å²) in [5.74, 6) is 0.235. The minimum absolute atomic E-state index is 0.0635. The zero-order valence-corrected chi connectivity index (χ0v) is 19.0. The molecule has 0 aromatic heterocycles. The van der Waals surface area contributed by atoms with Gasteiger partial charge in [0.2, 0.25) is 5.91 Å². The van der Waals surface area contributed by atoms with Crippen molar-refractivity contribution in [1.29, 1.82) is 0 Å². The van der Waals surface area contributed by atoms with Gasteiger partial charge in [-0.25, -0.2) is 0 Å². The number of benzene rings is 2. The van der Waals surface area contributed by atoms with Crippen molar-refractivity contribution < 1.29 is 4.79 Å². The molecule has 3 nitrogen and oxygen atoms in total. The van der Waals surface area contributed by atoms with Gasteiger partial charge in [0.15, 0.2) is 0 Å². The second kappa shape index (κ2) is 9.97. The van der Waals surface area contributed by atoms with E-state index >= 15 is 0 Å². The van der Waals surface area contributed by atoms with E-state index in [1.165, 1.54) is 16.7 Å². The molecule has 1 saturated heterocycles. The van der Waals surface area contributed by atoms with Crippen LogP contribution in [-0.4, -0.2) is 23.9 Å². The van der Waals surface area contributed by atoms with Gasteiger partial charge in [0, 0.05) is 28.1 Å². The predicted octanol–water partition coefficient (Wildman–Crippen LogP) is 6.09. The SMILES string of the molecule is CC[C@H](NC(=O)C1CCN(Cc2c(Cl)cccc2Cl)CC1)c1ccc(C)c(C)c1. The summed E-state index contributed by atoms with van der Waals surface area (Å²) < 4.78 is 0. The van der Waals surface area contributed by atoms with Crippen molar-refractivity contribution in [1.82, 2.24) is 10.2 Å². The van der Waals surface area contributed by atoms with Crippen molar-refractivity contribution in [3.63, 3.8) is 0 Å². The third-order valence-corrected chi connectivity index (χ3v) is 6.77. The van der Waals surface area contributed by atoms with E-state index in [4.69, 9.17) is 23.2 Å². The number of nitrogens with one attached hydrogen (secondary N) is 1. The Kier molecular flexibility index (Phi) is 7.61. The fraction of sp³-hybridized carbons (Fsp3) is 0.458. The van der Waals surface area contributed by atoms with Gasteiger partial charge < -0.3 is 5.32 Å². The Labute approximate surface area is 184 Å². The maximum atomic E-state index is 12.9. The quantitative estimate of drug-likeness (QED) is 0.598. The van der Waals surface area contributed by atoms with Crippen LogP contribution in [0.5, 0.6) is 0 Å². The molecule has 1 fully saturated rings. The number of hydrogen-bond donors (Lipinski definition) is 1. The van der Waals surface area contributed by atoms with Crippen LogP contribution in [0.2, 0.25) is 10.0 Å². The first-order valence-electron chi connectivity index (χ1n) is 10.4. The Hall–Kier alpha value is -1.55. The summed E-state index contributed by atoms with van der Waals surface area (Å²) in [4.78, 5) is 15.2. The number of halogens is 2. The topological polar surface area (TPSA) is 32.3 Å². The Bertz CT molecular complexity index is 840. The predicted molar refractivity (Wildman–Crippen MR) is 122 cm³/mol. The summed E-state index contributed by atoms with van der Waals surface area (Å²) in [6.45, 7) is 8.83. The van der Waals surface area contributed by atoms with Crippen molar-refractivity contribution in [2.24, 2.45) is 5.92 Å². The summed E-state index contributed by atoms with van der Waals surface area (Å²) in [5.41, 5.74) is 4.71. The van der Waals surface area contributed by atoms with E-state index in [0.29, 0.717) is 10.0 Å². The van der Waals surface area contributed by atoms with Crippen LogP contribution in [-0.2, 0) is 11.3 Å². The van der Waals surface area contributed by atoms with Crippen LogP contribution in [0.15, 0.2) is 36.4 Å². The zero-order valence-electron chi connectivity index (χ0n) is 17.5. The van der Waals surface area contributed by atoms with Crippen molar-refractivity contribution in [2.45, 2.75) is 52.6 Å². The van der Waals surface area contributed by atoms with Gasteiger partial charge in [0.05, 0.1) is 6.04 Å². The molecule has 0 unspecified atom stereocenters. The molecule has 29 heavy (non-hydrogen) atoms. The van der Waals surface area contributed by atoms with Gasteiger partial charge in [-0.05, 0) is 75.0 Å². The van der Waals surface area contributed by atoms with Gasteiger partial charge in [-0.2, -0.15) is 0 Å². The lowest BCUT2D eigenvalue weighted by molar-refractivity contribution is -0.127. The molecule has 1 atom stereocenters. The third-order valence-electron chi connectivity index (χ3n) is 6.06. The number of aryl methyl sites for hydroxylation is 2. The van der Waals surface area contributed by atoms with Crippen LogP contribution >= 0.6 is 23.2 Å². The largest absolute Gasteiger partial charge is 0.349 e. The number of piperidine rings is 1. The molecule has 5 heteroatoms. The van der Waals surface area contributed by atoms with Crippen molar-refractivity contribution in [2.75, 3.05) is 13.1 Å². The Morgan fingerprint density at radius 3 is 2.34 bits per heavy atom. The molecule has 2 aromatic rings. The summed E-state index contributed by atoms with van der Waals surface area (Å²) in [6, 6.07) is 12.2. The van der Waals surface area contributed by atoms with Gasteiger partial charge in [-0.15, -0.1) is 0 Å². The number of carbonyl (C=O) groups is 1. The Morgan fingerprint density at radius 2 is 1.76 bits per heavy atom. The van der Waals surface area contributed by atoms with Gasteiger partial charge in [0.25, 0.3) is 0 Å². The highest BCUT2D eigenvalue weighted by molar-refractivity contribution is 6.35. The van der Waals surface area contributed by atoms with E-state index in [2.05, 4.69) is 49.2 Å². The van der Waals surface area contributed by atoms with E-state index in [1.54, 1.807) is 0 Å². The summed E-state index contributed by atoms with van der Waals surface area (Å²) >= 11 is 12.6. The first-order valence-corrected chi connectivity index (χ1v) is 11.2. The first kappa shape index (κ1) is 22.1. The standard InChI is InChI=1S/C24H30Cl2N2O/c1-4-23(19-9-8-16(2)17(3)14-19)27-24(29)18-10-12-28(13-11-18)15-20-21(25)6-5-7-22(20)26/h5-9,14,18,23H,4,10-13,15H2,1-3H3,(H,27,29)/t23-/m0/s1. The van der Waals surface area contributed by atoms with E-state index in [1.807, 2.05) is 18.2 Å². The number of hydrogen-bond acceptors (Lipinski definition) is 2. The monoisotopic (exact) mass is 432 g/mol. The highest BCUT2D eigenvalue weighted by Crippen LogP contribution is 2.28. The fourth-order valence-corrected chi connectivity index (χ4v) is 4.47. The number of rotatable bonds is 6. The highest BCUT2D eigenvalue weighted by Gasteiger charge is 2.27. The lowest BCUT2D eigenvalue weighted by Crippen LogP contribution is -2.41. The molecule has 1 amide bonds. The lowest BCUT2D eigenvalue weighted by Gasteiger charge is -2.32. The third kappa shape index (κ3) is 5.53. The average molecular weight is 433 g/mol. The van der Waals surface area contributed by atoms with E-state index < -0.39 is 0 Å². The summed E-state index contributed by atoms with van der Waals surface area (Å²) in [6.07, 6.45) is 2.60. The van der Waals surface area contributed by atoms with Crippen LogP contribution < -0.4 is 5.32 Å². The van der Waals surface area contributed by atoms with Crippen molar-refractivity contribution >= 4 is 29.1 Å². The molecule has 1 heterocycles. The Balaban J connectivity index is 1.56. The first-order chi connectivity index (χ1) is 13.9. The molecule has 2 aromatic carbocycles. The number of carbonyl (C=O) groups excluding carboxylic acids is 1. The number of amides is 1. The molecule has 1 aliphatic heterocycles. The second-order valence-electron chi connectivity index (χ2n) is 8.06. The molecule has 0 radical (unpaired) electrons. The highest BCUT2D eigenvalue weighted by atomic mass is 35.5. The van der Waals surface area contributed by atoms with E-state index in [-0.39, 0.29) is 17.9 Å². The molecule has 0 spiro atoms. The normalized spacial score (nSPS) is 16.6. The lowest BCUT2D eigenvalue weighted by atomic mass is 9.94. The van der Waals surface area contributed by atoms with Gasteiger partial charge >= 0.3 is 0 Å². The number of nitrogens with zero attached hydrogens (tertiary/aromatic N) is 1. The van der Waals surface area contributed by atoms with Crippen LogP contribution in [0.3, 0.4) is 0 Å². The smallest absolute Gasteiger partial charge is 0.223 e. The number of likely N-dealkylation sites (tertiary alicyclic amines) is 1. The molecule has 0 bridgehead atoms. The van der Waals surface area contributed by atoms with Crippen LogP contribution in [0, 0.1) is 19.8 Å². The minimum Gasteiger partial charge on any atom is -0.349 e. The van der Waals surface area contributed by atoms with Crippen molar-refractivity contribution in [3.8, 4) is 0 Å². The van der Waals surface area contributed by atoms with Crippen LogP contribution in [0.4, 0.5) is 0 Å². The van der Waals surface area contributed by atoms with Crippen molar-refractivity contribution in [3.05, 3.63) is 68.7 Å². The molecular formula is C24H30Cl2N2O. The Morgan fingerprint density at radius 1 is 1.10 bits per heavy atom. The molecular weight excluding hydrogens is 403 g/mol. The summed E-state index contributed by atoms with van der Waals surface area (Å²) in [5, 5.41) is 4.69. The molecule has 3 rings (SSSR count). The maximum absolute atomic E-state index is 12.9. The van der Waals surface area contributed by atoms with Gasteiger partial charge in [-0.3, -0.25) is 9.69 Å². The molecule has 0 saturated carbocycles. The van der Waals surface area contributed by atoms with E-state index in [9.17, 15) is 4.79 Å². The van der Waals surface area contributed by atoms with Crippen LogP contribution in [0.1, 0.15) is 54.5 Å². The van der Waals surface area contributed by atoms with Crippen LogP contribution in [0.25, 0.3) is 0 Å². The fourth-order valence-electron chi connectivity index (χ4n) is 3.95. The van der Waals surface area contributed by atoms with Gasteiger partial charge in [-0.1, -0.05) is 54.4 Å². The second-order valence-corrected chi connectivity index (χ2v) is 8.88. The summed E-state index contributed by atoms with van der Waals surface area (Å²) in [7, 11) is 0. The maximum Gasteiger partial charge on any atom is 0.223 e. The van der Waals surface area contributed by atoms with E-state index in [0.717, 1.165) is 44.5 Å². The average Bonchev–Trinajstić information content (AvgIpc) is 2.71. The molecule has 1 aliphatic rings. The van der Waals surface area contributed by atoms with Gasteiger partial charge in [0.1, 0.15) is 0 Å². The zero-order chi connectivity index (χ0) is 21.0. The molecule has 1 N–H and O–H groups in total. The molecule has 156 valence electrons. The minimum atomic E-state index is 0.0635.